The molecule has 0 radical (unpaired) electrons. The summed E-state index contributed by atoms with van der Waals surface area (Å²) in [5.74, 6) is 0. The van der Waals surface area contributed by atoms with Gasteiger partial charge in [0.05, 0.1) is 23.1 Å². The van der Waals surface area contributed by atoms with Gasteiger partial charge in [0.1, 0.15) is 0 Å². The number of hydrogen-bond acceptors (Lipinski definition) is 2. The van der Waals surface area contributed by atoms with Gasteiger partial charge in [0, 0.05) is 24.4 Å². The average Bonchev–Trinajstić information content (AvgIpc) is 3.01. The van der Waals surface area contributed by atoms with Gasteiger partial charge in [-0.2, -0.15) is 18.3 Å². The molecule has 26 heavy (non-hydrogen) atoms. The zero-order valence-electron chi connectivity index (χ0n) is 13.7. The molecule has 0 saturated heterocycles. The van der Waals surface area contributed by atoms with Crippen molar-refractivity contribution in [2.24, 2.45) is 7.05 Å². The fourth-order valence-corrected chi connectivity index (χ4v) is 2.52. The third-order valence-electron chi connectivity index (χ3n) is 3.67. The van der Waals surface area contributed by atoms with Gasteiger partial charge in [0.25, 0.3) is 0 Å². The molecule has 0 unspecified atom stereocenters. The zero-order valence-corrected chi connectivity index (χ0v) is 13.7. The summed E-state index contributed by atoms with van der Waals surface area (Å²) in [6.07, 6.45) is -1.15. The van der Waals surface area contributed by atoms with Crippen LogP contribution in [0, 0.1) is 0 Å². The number of amides is 2. The first-order valence-corrected chi connectivity index (χ1v) is 7.67. The smallest absolute Gasteiger partial charge is 0.307 e. The van der Waals surface area contributed by atoms with E-state index >= 15 is 0 Å². The number of carbonyl (C=O) groups excluding carboxylic acids is 1. The topological polar surface area (TPSA) is 59.0 Å². The Labute approximate surface area is 147 Å². The summed E-state index contributed by atoms with van der Waals surface area (Å²) in [6, 6.07) is 11.0. The Morgan fingerprint density at radius 1 is 1.00 bits per heavy atom. The minimum absolute atomic E-state index is 0.309. The van der Waals surface area contributed by atoms with Crippen molar-refractivity contribution in [3.05, 3.63) is 66.5 Å². The molecule has 134 valence electrons. The molecule has 0 bridgehead atoms. The van der Waals surface area contributed by atoms with Crippen LogP contribution < -0.4 is 10.6 Å². The van der Waals surface area contributed by atoms with E-state index in [0.29, 0.717) is 11.3 Å². The maximum atomic E-state index is 13.0. The van der Waals surface area contributed by atoms with E-state index in [9.17, 15) is 18.0 Å². The number of nitrogens with zero attached hydrogens (tertiary/aromatic N) is 2. The summed E-state index contributed by atoms with van der Waals surface area (Å²) in [6.45, 7) is 0. The van der Waals surface area contributed by atoms with Gasteiger partial charge in [-0.15, -0.1) is 0 Å². The van der Waals surface area contributed by atoms with Crippen molar-refractivity contribution in [2.45, 2.75) is 6.18 Å². The number of halogens is 3. The van der Waals surface area contributed by atoms with E-state index in [-0.39, 0.29) is 5.69 Å². The molecule has 0 saturated carbocycles. The van der Waals surface area contributed by atoms with Crippen LogP contribution in [-0.4, -0.2) is 15.8 Å². The standard InChI is InChI=1S/C18H15F3N4O/c1-25-11-12(10-22-25)13-6-2-4-8-15(13)23-17(26)24-16-9-5-3-7-14(16)18(19,20)21/h2-11H,1H3,(H2,23,24,26). The molecule has 1 aromatic heterocycles. The number of anilines is 2. The van der Waals surface area contributed by atoms with E-state index in [1.807, 2.05) is 0 Å². The highest BCUT2D eigenvalue weighted by Gasteiger charge is 2.33. The van der Waals surface area contributed by atoms with Crippen molar-refractivity contribution in [2.75, 3.05) is 10.6 Å². The normalized spacial score (nSPS) is 11.2. The minimum atomic E-state index is -4.56. The summed E-state index contributed by atoms with van der Waals surface area (Å²) in [5.41, 5.74) is 0.730. The highest BCUT2D eigenvalue weighted by atomic mass is 19.4. The van der Waals surface area contributed by atoms with Crippen LogP contribution in [0.3, 0.4) is 0 Å². The highest BCUT2D eigenvalue weighted by Crippen LogP contribution is 2.34. The van der Waals surface area contributed by atoms with Crippen LogP contribution in [0.2, 0.25) is 0 Å². The lowest BCUT2D eigenvalue weighted by atomic mass is 10.1. The summed E-state index contributed by atoms with van der Waals surface area (Å²) in [5, 5.41) is 8.93. The fraction of sp³-hybridized carbons (Fsp3) is 0.111. The number of nitrogens with one attached hydrogen (secondary N) is 2. The Bertz CT molecular complexity index is 934. The quantitative estimate of drug-likeness (QED) is 0.708. The lowest BCUT2D eigenvalue weighted by Gasteiger charge is -2.15. The molecule has 0 aliphatic heterocycles. The number of para-hydroxylation sites is 2. The molecule has 5 nitrogen and oxygen atoms in total. The number of hydrogen-bond donors (Lipinski definition) is 2. The molecule has 0 spiro atoms. The summed E-state index contributed by atoms with van der Waals surface area (Å²) in [7, 11) is 1.76. The Hall–Kier alpha value is -3.29. The number of alkyl halides is 3. The molecule has 3 rings (SSSR count). The van der Waals surface area contributed by atoms with Crippen molar-refractivity contribution >= 4 is 17.4 Å². The predicted octanol–water partition coefficient (Wildman–Crippen LogP) is 4.75. The summed E-state index contributed by atoms with van der Waals surface area (Å²) < 4.78 is 40.7. The van der Waals surface area contributed by atoms with Crippen LogP contribution in [0.1, 0.15) is 5.56 Å². The largest absolute Gasteiger partial charge is 0.418 e. The Morgan fingerprint density at radius 3 is 2.27 bits per heavy atom. The average molecular weight is 360 g/mol. The molecular weight excluding hydrogens is 345 g/mol. The van der Waals surface area contributed by atoms with Gasteiger partial charge in [0.15, 0.2) is 0 Å². The van der Waals surface area contributed by atoms with E-state index in [1.165, 1.54) is 18.2 Å². The van der Waals surface area contributed by atoms with Crippen LogP contribution in [0.25, 0.3) is 11.1 Å². The molecule has 0 aliphatic carbocycles. The van der Waals surface area contributed by atoms with Crippen molar-refractivity contribution in [3.63, 3.8) is 0 Å². The van der Waals surface area contributed by atoms with Gasteiger partial charge < -0.3 is 10.6 Å². The van der Waals surface area contributed by atoms with Gasteiger partial charge in [0.2, 0.25) is 0 Å². The SMILES string of the molecule is Cn1cc(-c2ccccc2NC(=O)Nc2ccccc2C(F)(F)F)cn1. The van der Waals surface area contributed by atoms with Crippen LogP contribution in [0.5, 0.6) is 0 Å². The van der Waals surface area contributed by atoms with Crippen LogP contribution in [0.4, 0.5) is 29.3 Å². The number of rotatable bonds is 3. The first-order chi connectivity index (χ1) is 12.3. The Morgan fingerprint density at radius 2 is 1.62 bits per heavy atom. The first-order valence-electron chi connectivity index (χ1n) is 7.67. The maximum absolute atomic E-state index is 13.0. The van der Waals surface area contributed by atoms with Crippen LogP contribution in [-0.2, 0) is 13.2 Å². The number of aromatic nitrogens is 2. The van der Waals surface area contributed by atoms with Crippen molar-refractivity contribution in [1.29, 1.82) is 0 Å². The lowest BCUT2D eigenvalue weighted by molar-refractivity contribution is -0.136. The first kappa shape index (κ1) is 17.5. The van der Waals surface area contributed by atoms with Crippen LogP contribution in [0.15, 0.2) is 60.9 Å². The molecule has 0 aliphatic rings. The van der Waals surface area contributed by atoms with Gasteiger partial charge >= 0.3 is 12.2 Å². The second-order valence-corrected chi connectivity index (χ2v) is 5.57. The summed E-state index contributed by atoms with van der Waals surface area (Å²) in [4.78, 5) is 12.2. The zero-order chi connectivity index (χ0) is 18.7. The molecule has 8 heteroatoms. The molecule has 0 atom stereocenters. The fourth-order valence-electron chi connectivity index (χ4n) is 2.52. The van der Waals surface area contributed by atoms with Gasteiger partial charge in [-0.3, -0.25) is 4.68 Å². The third kappa shape index (κ3) is 3.85. The van der Waals surface area contributed by atoms with E-state index in [4.69, 9.17) is 0 Å². The van der Waals surface area contributed by atoms with E-state index in [0.717, 1.165) is 11.6 Å². The number of carbonyl (C=O) groups is 1. The predicted molar refractivity (Wildman–Crippen MR) is 92.7 cm³/mol. The highest BCUT2D eigenvalue weighted by molar-refractivity contribution is 6.02. The number of aryl methyl sites for hydroxylation is 1. The molecule has 2 N–H and O–H groups in total. The maximum Gasteiger partial charge on any atom is 0.418 e. The molecule has 0 fully saturated rings. The molecule has 3 aromatic rings. The van der Waals surface area contributed by atoms with E-state index in [2.05, 4.69) is 15.7 Å². The summed E-state index contributed by atoms with van der Waals surface area (Å²) >= 11 is 0. The minimum Gasteiger partial charge on any atom is -0.307 e. The Kier molecular flexibility index (Phi) is 4.66. The van der Waals surface area contributed by atoms with Crippen molar-refractivity contribution in [3.8, 4) is 11.1 Å². The molecule has 2 amide bonds. The van der Waals surface area contributed by atoms with Crippen LogP contribution >= 0.6 is 0 Å². The number of benzene rings is 2. The van der Waals surface area contributed by atoms with Gasteiger partial charge in [-0.25, -0.2) is 4.79 Å². The molecule has 1 heterocycles. The Balaban J connectivity index is 1.83. The number of urea groups is 1. The lowest BCUT2D eigenvalue weighted by Crippen LogP contribution is -2.22. The monoisotopic (exact) mass is 360 g/mol. The third-order valence-corrected chi connectivity index (χ3v) is 3.67. The second-order valence-electron chi connectivity index (χ2n) is 5.57. The second kappa shape index (κ2) is 6.91. The van der Waals surface area contributed by atoms with Crippen molar-refractivity contribution < 1.29 is 18.0 Å². The molecular formula is C18H15F3N4O. The van der Waals surface area contributed by atoms with E-state index < -0.39 is 17.8 Å². The van der Waals surface area contributed by atoms with Gasteiger partial charge in [-0.05, 0) is 18.2 Å². The molecule has 2 aromatic carbocycles. The van der Waals surface area contributed by atoms with Gasteiger partial charge in [-0.1, -0.05) is 30.3 Å². The van der Waals surface area contributed by atoms with E-state index in [1.54, 1.807) is 48.4 Å². The van der Waals surface area contributed by atoms with Crippen molar-refractivity contribution in [1.82, 2.24) is 9.78 Å².